The molecular weight excluding hydrogens is 398 g/mol. The average molecular weight is 424 g/mol. The van der Waals surface area contributed by atoms with Crippen LogP contribution in [0.15, 0.2) is 47.8 Å². The Bertz CT molecular complexity index is 1030. The number of ether oxygens (including phenoxy) is 1. The van der Waals surface area contributed by atoms with Crippen LogP contribution in [0.25, 0.3) is 0 Å². The van der Waals surface area contributed by atoms with Gasteiger partial charge in [0.15, 0.2) is 5.13 Å². The third-order valence-corrected chi connectivity index (χ3v) is 5.23. The Kier molecular flexibility index (Phi) is 7.19. The van der Waals surface area contributed by atoms with Gasteiger partial charge in [0, 0.05) is 16.8 Å². The Labute approximate surface area is 180 Å². The Balaban J connectivity index is 1.59. The van der Waals surface area contributed by atoms with Gasteiger partial charge in [-0.2, -0.15) is 0 Å². The normalized spacial score (nSPS) is 10.5. The molecule has 3 rings (SSSR count). The second kappa shape index (κ2) is 10.0. The lowest BCUT2D eigenvalue weighted by molar-refractivity contribution is 0.0499. The minimum absolute atomic E-state index is 0.307. The third kappa shape index (κ3) is 5.67. The molecule has 0 aliphatic carbocycles. The molecule has 0 spiro atoms. The monoisotopic (exact) mass is 423 g/mol. The number of rotatable bonds is 8. The number of carbonyl (C=O) groups excluding carboxylic acids is 2. The predicted octanol–water partition coefficient (Wildman–Crippen LogP) is 5.71. The van der Waals surface area contributed by atoms with Gasteiger partial charge in [0.05, 0.1) is 12.2 Å². The van der Waals surface area contributed by atoms with Crippen molar-refractivity contribution in [2.75, 3.05) is 17.2 Å². The van der Waals surface area contributed by atoms with Crippen molar-refractivity contribution in [3.63, 3.8) is 0 Å². The first kappa shape index (κ1) is 21.5. The fraction of sp³-hybridized carbons (Fsp3) is 0.261. The lowest BCUT2D eigenvalue weighted by Crippen LogP contribution is -2.13. The van der Waals surface area contributed by atoms with E-state index in [1.807, 2.05) is 32.9 Å². The maximum absolute atomic E-state index is 12.5. The number of nitrogens with one attached hydrogen (secondary N) is 2. The number of amides is 1. The van der Waals surface area contributed by atoms with Crippen molar-refractivity contribution < 1.29 is 14.3 Å². The van der Waals surface area contributed by atoms with Crippen LogP contribution in [0.4, 0.5) is 16.5 Å². The molecule has 1 aromatic heterocycles. The molecule has 30 heavy (non-hydrogen) atoms. The van der Waals surface area contributed by atoms with Crippen LogP contribution in [0.5, 0.6) is 0 Å². The average Bonchev–Trinajstić information content (AvgIpc) is 3.19. The number of nitrogens with zero attached hydrogens (tertiary/aromatic N) is 1. The van der Waals surface area contributed by atoms with Gasteiger partial charge >= 0.3 is 5.97 Å². The Morgan fingerprint density at radius 3 is 2.57 bits per heavy atom. The minimum Gasteiger partial charge on any atom is -0.462 e. The topological polar surface area (TPSA) is 80.3 Å². The summed E-state index contributed by atoms with van der Waals surface area (Å²) in [6.45, 7) is 6.52. The third-order valence-electron chi connectivity index (χ3n) is 4.47. The molecule has 0 fully saturated rings. The van der Waals surface area contributed by atoms with Crippen LogP contribution >= 0.6 is 11.3 Å². The van der Waals surface area contributed by atoms with E-state index in [9.17, 15) is 9.59 Å². The van der Waals surface area contributed by atoms with Crippen LogP contribution in [0.2, 0.25) is 0 Å². The fourth-order valence-corrected chi connectivity index (χ4v) is 3.48. The summed E-state index contributed by atoms with van der Waals surface area (Å²) in [4.78, 5) is 28.8. The molecule has 0 atom stereocenters. The summed E-state index contributed by atoms with van der Waals surface area (Å²) in [5.74, 6) is -0.666. The van der Waals surface area contributed by atoms with Gasteiger partial charge in [0.25, 0.3) is 5.91 Å². The van der Waals surface area contributed by atoms with Crippen LogP contribution < -0.4 is 10.6 Å². The maximum atomic E-state index is 12.5. The highest BCUT2D eigenvalue weighted by Crippen LogP contribution is 2.24. The number of hydrogen-bond donors (Lipinski definition) is 2. The number of aryl methyl sites for hydroxylation is 2. The molecule has 156 valence electrons. The van der Waals surface area contributed by atoms with Crippen LogP contribution in [0.3, 0.4) is 0 Å². The number of aromatic nitrogens is 1. The second-order valence-corrected chi connectivity index (χ2v) is 7.86. The van der Waals surface area contributed by atoms with E-state index in [-0.39, 0.29) is 11.9 Å². The van der Waals surface area contributed by atoms with Gasteiger partial charge in [-0.05, 0) is 56.2 Å². The van der Waals surface area contributed by atoms with Gasteiger partial charge in [-0.15, -0.1) is 11.3 Å². The van der Waals surface area contributed by atoms with Gasteiger partial charge in [-0.3, -0.25) is 4.79 Å². The fourth-order valence-electron chi connectivity index (χ4n) is 2.78. The van der Waals surface area contributed by atoms with E-state index in [0.717, 1.165) is 24.1 Å². The Morgan fingerprint density at radius 2 is 1.87 bits per heavy atom. The molecule has 2 aromatic carbocycles. The zero-order valence-corrected chi connectivity index (χ0v) is 18.1. The lowest BCUT2D eigenvalue weighted by Gasteiger charge is -2.07. The number of thiazole rings is 1. The number of hydrogen-bond acceptors (Lipinski definition) is 6. The molecule has 3 aromatic rings. The lowest BCUT2D eigenvalue weighted by atomic mass is 10.1. The molecule has 2 N–H and O–H groups in total. The molecule has 0 bridgehead atoms. The van der Waals surface area contributed by atoms with Crippen LogP contribution in [-0.2, 0) is 4.74 Å². The minimum atomic E-state index is -0.358. The molecule has 1 amide bonds. The number of anilines is 3. The summed E-state index contributed by atoms with van der Waals surface area (Å²) in [5.41, 5.74) is 4.64. The highest BCUT2D eigenvalue weighted by atomic mass is 32.1. The van der Waals surface area contributed by atoms with Crippen LogP contribution in [0, 0.1) is 13.8 Å². The van der Waals surface area contributed by atoms with E-state index in [0.29, 0.717) is 28.7 Å². The molecule has 0 saturated carbocycles. The van der Waals surface area contributed by atoms with E-state index in [1.54, 1.807) is 29.6 Å². The summed E-state index contributed by atoms with van der Waals surface area (Å²) in [5, 5.41) is 8.41. The zero-order valence-electron chi connectivity index (χ0n) is 17.3. The van der Waals surface area contributed by atoms with Crippen molar-refractivity contribution in [2.45, 2.75) is 33.6 Å². The van der Waals surface area contributed by atoms with E-state index in [1.165, 1.54) is 16.9 Å². The SMILES string of the molecule is CCCCOC(=O)c1ccc(NC(=O)c2csc(Nc3ccc(C)cc3C)n2)cc1. The first-order valence-electron chi connectivity index (χ1n) is 9.84. The molecule has 1 heterocycles. The summed E-state index contributed by atoms with van der Waals surface area (Å²) in [6, 6.07) is 12.7. The number of unbranched alkanes of at least 4 members (excludes halogenated alkanes) is 1. The highest BCUT2D eigenvalue weighted by molar-refractivity contribution is 7.14. The molecule has 0 unspecified atom stereocenters. The largest absolute Gasteiger partial charge is 0.462 e. The molecular formula is C23H25N3O3S. The van der Waals surface area contributed by atoms with Gasteiger partial charge in [0.2, 0.25) is 0 Å². The Hall–Kier alpha value is -3.19. The van der Waals surface area contributed by atoms with Crippen molar-refractivity contribution in [3.8, 4) is 0 Å². The van der Waals surface area contributed by atoms with Crippen LogP contribution in [0.1, 0.15) is 51.7 Å². The molecule has 0 radical (unpaired) electrons. The van der Waals surface area contributed by atoms with Gasteiger partial charge < -0.3 is 15.4 Å². The number of esters is 1. The van der Waals surface area contributed by atoms with Crippen molar-refractivity contribution in [1.82, 2.24) is 4.98 Å². The van der Waals surface area contributed by atoms with E-state index in [4.69, 9.17) is 4.74 Å². The summed E-state index contributed by atoms with van der Waals surface area (Å²) >= 11 is 1.37. The first-order chi connectivity index (χ1) is 14.5. The maximum Gasteiger partial charge on any atom is 0.338 e. The van der Waals surface area contributed by atoms with Crippen molar-refractivity contribution in [1.29, 1.82) is 0 Å². The molecule has 7 heteroatoms. The van der Waals surface area contributed by atoms with Gasteiger partial charge in [-0.25, -0.2) is 9.78 Å². The highest BCUT2D eigenvalue weighted by Gasteiger charge is 2.13. The van der Waals surface area contributed by atoms with Gasteiger partial charge in [-0.1, -0.05) is 31.0 Å². The summed E-state index contributed by atoms with van der Waals surface area (Å²) in [7, 11) is 0. The van der Waals surface area contributed by atoms with Crippen molar-refractivity contribution >= 4 is 39.7 Å². The summed E-state index contributed by atoms with van der Waals surface area (Å²) in [6.07, 6.45) is 1.81. The van der Waals surface area contributed by atoms with Crippen LogP contribution in [-0.4, -0.2) is 23.5 Å². The Morgan fingerprint density at radius 1 is 1.10 bits per heavy atom. The first-order valence-corrected chi connectivity index (χ1v) is 10.7. The smallest absolute Gasteiger partial charge is 0.338 e. The van der Waals surface area contributed by atoms with Gasteiger partial charge in [0.1, 0.15) is 5.69 Å². The second-order valence-electron chi connectivity index (χ2n) is 7.00. The quantitative estimate of drug-likeness (QED) is 0.358. The predicted molar refractivity (Wildman–Crippen MR) is 121 cm³/mol. The zero-order chi connectivity index (χ0) is 21.5. The molecule has 6 nitrogen and oxygen atoms in total. The summed E-state index contributed by atoms with van der Waals surface area (Å²) < 4.78 is 5.18. The van der Waals surface area contributed by atoms with Crippen molar-refractivity contribution in [2.24, 2.45) is 0 Å². The number of benzene rings is 2. The van der Waals surface area contributed by atoms with E-state index >= 15 is 0 Å². The standard InChI is InChI=1S/C23H25N3O3S/c1-4-5-12-29-22(28)17-7-9-18(10-8-17)24-21(27)20-14-30-23(26-20)25-19-11-6-15(2)13-16(19)3/h6-11,13-14H,4-5,12H2,1-3H3,(H,24,27)(H,25,26). The molecule has 0 aliphatic heterocycles. The van der Waals surface area contributed by atoms with Crippen molar-refractivity contribution in [3.05, 3.63) is 70.2 Å². The molecule has 0 aliphatic rings. The molecule has 0 saturated heterocycles. The number of carbonyl (C=O) groups is 2. The van der Waals surface area contributed by atoms with E-state index in [2.05, 4.69) is 21.7 Å². The van der Waals surface area contributed by atoms with E-state index < -0.39 is 0 Å².